The second-order valence-corrected chi connectivity index (χ2v) is 5.98. The summed E-state index contributed by atoms with van der Waals surface area (Å²) in [6, 6.07) is 4.04. The lowest BCUT2D eigenvalue weighted by Gasteiger charge is -2.38. The molecule has 1 atom stereocenters. The van der Waals surface area contributed by atoms with E-state index in [4.69, 9.17) is 4.74 Å². The van der Waals surface area contributed by atoms with E-state index in [9.17, 15) is 9.90 Å². The number of aliphatic hydroxyl groups is 1. The van der Waals surface area contributed by atoms with E-state index >= 15 is 0 Å². The number of hydrogen-bond donors (Lipinski definition) is 2. The van der Waals surface area contributed by atoms with Crippen molar-refractivity contribution in [3.63, 3.8) is 0 Å². The number of rotatable bonds is 6. The first-order valence-electron chi connectivity index (χ1n) is 7.89. The SMILES string of the molecule is COc1ncc(C(=O)NC(Cc2ccncc2)C2CC(O)C2)cn1. The summed E-state index contributed by atoms with van der Waals surface area (Å²) in [7, 11) is 1.47. The summed E-state index contributed by atoms with van der Waals surface area (Å²) in [6.45, 7) is 0. The Kier molecular flexibility index (Phi) is 5.00. The summed E-state index contributed by atoms with van der Waals surface area (Å²) in [4.78, 5) is 24.4. The Labute approximate surface area is 140 Å². The second-order valence-electron chi connectivity index (χ2n) is 5.98. The molecule has 1 aliphatic rings. The molecule has 0 radical (unpaired) electrons. The topological polar surface area (TPSA) is 97.2 Å². The first kappa shape index (κ1) is 16.3. The maximum Gasteiger partial charge on any atom is 0.316 e. The van der Waals surface area contributed by atoms with Crippen LogP contribution in [0.2, 0.25) is 0 Å². The molecule has 0 aromatic carbocycles. The van der Waals surface area contributed by atoms with Gasteiger partial charge < -0.3 is 15.2 Å². The molecule has 1 amide bonds. The molecule has 1 unspecified atom stereocenters. The van der Waals surface area contributed by atoms with Gasteiger partial charge in [-0.25, -0.2) is 9.97 Å². The Balaban J connectivity index is 1.69. The molecule has 0 saturated heterocycles. The number of nitrogens with zero attached hydrogens (tertiary/aromatic N) is 3. The van der Waals surface area contributed by atoms with Gasteiger partial charge in [0.1, 0.15) is 0 Å². The minimum absolute atomic E-state index is 0.0506. The number of carbonyl (C=O) groups excluding carboxylic acids is 1. The predicted molar refractivity (Wildman–Crippen MR) is 86.5 cm³/mol. The summed E-state index contributed by atoms with van der Waals surface area (Å²) in [5.41, 5.74) is 1.48. The van der Waals surface area contributed by atoms with Gasteiger partial charge in [0.2, 0.25) is 0 Å². The van der Waals surface area contributed by atoms with Crippen molar-refractivity contribution >= 4 is 5.91 Å². The van der Waals surface area contributed by atoms with Crippen LogP contribution in [0.25, 0.3) is 0 Å². The number of aromatic nitrogens is 3. The molecule has 7 heteroatoms. The van der Waals surface area contributed by atoms with Gasteiger partial charge in [0.25, 0.3) is 5.91 Å². The molecule has 2 N–H and O–H groups in total. The average molecular weight is 328 g/mol. The zero-order valence-electron chi connectivity index (χ0n) is 13.4. The van der Waals surface area contributed by atoms with Gasteiger partial charge in [-0.1, -0.05) is 0 Å². The summed E-state index contributed by atoms with van der Waals surface area (Å²) in [6.07, 6.45) is 8.20. The van der Waals surface area contributed by atoms with Gasteiger partial charge in [0, 0.05) is 30.8 Å². The standard InChI is InChI=1S/C17H20N4O3/c1-24-17-19-9-13(10-20-17)16(23)21-15(12-7-14(22)8-12)6-11-2-4-18-5-3-11/h2-5,9-10,12,14-15,22H,6-8H2,1H3,(H,21,23). The van der Waals surface area contributed by atoms with Crippen molar-refractivity contribution in [2.45, 2.75) is 31.4 Å². The molecule has 7 nitrogen and oxygen atoms in total. The first-order valence-corrected chi connectivity index (χ1v) is 7.89. The predicted octanol–water partition coefficient (Wildman–Crippen LogP) is 0.992. The van der Waals surface area contributed by atoms with Crippen molar-refractivity contribution in [1.29, 1.82) is 0 Å². The molecular weight excluding hydrogens is 308 g/mol. The van der Waals surface area contributed by atoms with Crippen molar-refractivity contribution in [3.8, 4) is 6.01 Å². The van der Waals surface area contributed by atoms with Crippen molar-refractivity contribution in [1.82, 2.24) is 20.3 Å². The second kappa shape index (κ2) is 7.35. The summed E-state index contributed by atoms with van der Waals surface area (Å²) >= 11 is 0. The van der Waals surface area contributed by atoms with Crippen LogP contribution in [0, 0.1) is 5.92 Å². The molecule has 1 aliphatic carbocycles. The number of ether oxygens (including phenoxy) is 1. The third kappa shape index (κ3) is 3.86. The fourth-order valence-electron chi connectivity index (χ4n) is 2.86. The number of carbonyl (C=O) groups is 1. The molecule has 1 saturated carbocycles. The van der Waals surface area contributed by atoms with Crippen molar-refractivity contribution in [2.24, 2.45) is 5.92 Å². The Morgan fingerprint density at radius 1 is 1.33 bits per heavy atom. The average Bonchev–Trinajstić information content (AvgIpc) is 2.59. The monoisotopic (exact) mass is 328 g/mol. The van der Waals surface area contributed by atoms with Crippen LogP contribution < -0.4 is 10.1 Å². The van der Waals surface area contributed by atoms with Crippen LogP contribution in [0.1, 0.15) is 28.8 Å². The summed E-state index contributed by atoms with van der Waals surface area (Å²) in [5.74, 6) is 0.0365. The van der Waals surface area contributed by atoms with E-state index in [-0.39, 0.29) is 30.0 Å². The third-order valence-electron chi connectivity index (χ3n) is 4.31. The van der Waals surface area contributed by atoms with Gasteiger partial charge in [-0.05, 0) is 42.9 Å². The molecule has 2 aromatic heterocycles. The summed E-state index contributed by atoms with van der Waals surface area (Å²) in [5, 5.41) is 12.6. The number of hydrogen-bond acceptors (Lipinski definition) is 6. The van der Waals surface area contributed by atoms with Crippen molar-refractivity contribution < 1.29 is 14.6 Å². The van der Waals surface area contributed by atoms with E-state index in [0.717, 1.165) is 5.56 Å². The number of pyridine rings is 1. The maximum absolute atomic E-state index is 12.5. The first-order chi connectivity index (χ1) is 11.7. The molecule has 1 fully saturated rings. The maximum atomic E-state index is 12.5. The minimum atomic E-state index is -0.267. The van der Waals surface area contributed by atoms with E-state index in [1.54, 1.807) is 12.4 Å². The normalized spacial score (nSPS) is 20.8. The molecule has 0 spiro atoms. The highest BCUT2D eigenvalue weighted by molar-refractivity contribution is 5.93. The van der Waals surface area contributed by atoms with E-state index in [0.29, 0.717) is 24.8 Å². The van der Waals surface area contributed by atoms with E-state index < -0.39 is 0 Å². The van der Waals surface area contributed by atoms with Gasteiger partial charge >= 0.3 is 6.01 Å². The van der Waals surface area contributed by atoms with Crippen LogP contribution in [0.3, 0.4) is 0 Å². The third-order valence-corrected chi connectivity index (χ3v) is 4.31. The highest BCUT2D eigenvalue weighted by Gasteiger charge is 2.35. The van der Waals surface area contributed by atoms with E-state index in [2.05, 4.69) is 20.3 Å². The minimum Gasteiger partial charge on any atom is -0.467 e. The lowest BCUT2D eigenvalue weighted by Crippen LogP contribution is -2.48. The smallest absolute Gasteiger partial charge is 0.316 e. The van der Waals surface area contributed by atoms with Crippen LogP contribution in [0.15, 0.2) is 36.9 Å². The Morgan fingerprint density at radius 2 is 2.00 bits per heavy atom. The highest BCUT2D eigenvalue weighted by atomic mass is 16.5. The number of methoxy groups -OCH3 is 1. The van der Waals surface area contributed by atoms with Gasteiger partial charge in [-0.3, -0.25) is 9.78 Å². The fourth-order valence-corrected chi connectivity index (χ4v) is 2.86. The Morgan fingerprint density at radius 3 is 2.58 bits per heavy atom. The van der Waals surface area contributed by atoms with E-state index in [1.807, 2.05) is 12.1 Å². The van der Waals surface area contributed by atoms with Gasteiger partial charge in [0.15, 0.2) is 0 Å². The van der Waals surface area contributed by atoms with Crippen LogP contribution >= 0.6 is 0 Å². The fraction of sp³-hybridized carbons (Fsp3) is 0.412. The van der Waals surface area contributed by atoms with Crippen molar-refractivity contribution in [3.05, 3.63) is 48.0 Å². The molecule has 24 heavy (non-hydrogen) atoms. The largest absolute Gasteiger partial charge is 0.467 e. The van der Waals surface area contributed by atoms with Crippen molar-refractivity contribution in [2.75, 3.05) is 7.11 Å². The van der Waals surface area contributed by atoms with Crippen LogP contribution in [0.5, 0.6) is 6.01 Å². The number of nitrogens with one attached hydrogen (secondary N) is 1. The Hall–Kier alpha value is -2.54. The molecular formula is C17H20N4O3. The van der Waals surface area contributed by atoms with Gasteiger partial charge in [-0.15, -0.1) is 0 Å². The zero-order chi connectivity index (χ0) is 16.9. The van der Waals surface area contributed by atoms with Crippen LogP contribution in [-0.4, -0.2) is 45.2 Å². The molecule has 3 rings (SSSR count). The Bertz CT molecular complexity index is 672. The zero-order valence-corrected chi connectivity index (χ0v) is 13.4. The van der Waals surface area contributed by atoms with E-state index in [1.165, 1.54) is 19.5 Å². The van der Waals surface area contributed by atoms with Gasteiger partial charge in [0.05, 0.1) is 18.8 Å². The lowest BCUT2D eigenvalue weighted by molar-refractivity contribution is 0.0239. The number of aliphatic hydroxyl groups excluding tert-OH is 1. The number of amides is 1. The summed E-state index contributed by atoms with van der Waals surface area (Å²) < 4.78 is 4.90. The lowest BCUT2D eigenvalue weighted by atomic mass is 9.75. The molecule has 2 heterocycles. The molecule has 0 aliphatic heterocycles. The van der Waals surface area contributed by atoms with Crippen LogP contribution in [-0.2, 0) is 6.42 Å². The molecule has 126 valence electrons. The molecule has 0 bridgehead atoms. The highest BCUT2D eigenvalue weighted by Crippen LogP contribution is 2.31. The quantitative estimate of drug-likeness (QED) is 0.821. The molecule has 2 aromatic rings. The van der Waals surface area contributed by atoms with Crippen LogP contribution in [0.4, 0.5) is 0 Å². The van der Waals surface area contributed by atoms with Gasteiger partial charge in [-0.2, -0.15) is 0 Å².